The SMILES string of the molecule is CC(C)(C)c1ccc(Nc2ccc(S(C)(C)C)cc2)cc1. The van der Waals surface area contributed by atoms with Gasteiger partial charge in [0, 0.05) is 11.4 Å². The lowest BCUT2D eigenvalue weighted by Gasteiger charge is -2.25. The van der Waals surface area contributed by atoms with Crippen molar-refractivity contribution < 1.29 is 0 Å². The smallest absolute Gasteiger partial charge is 0.0384 e. The molecule has 0 aliphatic rings. The molecule has 2 aromatic rings. The summed E-state index contributed by atoms with van der Waals surface area (Å²) in [4.78, 5) is 1.44. The minimum Gasteiger partial charge on any atom is -0.356 e. The van der Waals surface area contributed by atoms with Crippen molar-refractivity contribution in [1.82, 2.24) is 0 Å². The van der Waals surface area contributed by atoms with Gasteiger partial charge in [0.15, 0.2) is 0 Å². The van der Waals surface area contributed by atoms with Crippen LogP contribution in [0.1, 0.15) is 26.3 Å². The average molecular weight is 301 g/mol. The van der Waals surface area contributed by atoms with Crippen LogP contribution in [-0.2, 0) is 5.41 Å². The highest BCUT2D eigenvalue weighted by Crippen LogP contribution is 2.45. The Hall–Kier alpha value is -1.41. The zero-order valence-corrected chi connectivity index (χ0v) is 14.8. The van der Waals surface area contributed by atoms with Crippen LogP contribution >= 0.6 is 10.0 Å². The number of nitrogens with one attached hydrogen (secondary N) is 1. The average Bonchev–Trinajstić information content (AvgIpc) is 2.38. The first kappa shape index (κ1) is 16.0. The molecule has 0 heterocycles. The highest BCUT2D eigenvalue weighted by molar-refractivity contribution is 8.32. The second-order valence-electron chi connectivity index (χ2n) is 7.31. The summed E-state index contributed by atoms with van der Waals surface area (Å²) in [6, 6.07) is 17.5. The Morgan fingerprint density at radius 3 is 1.52 bits per heavy atom. The lowest BCUT2D eigenvalue weighted by molar-refractivity contribution is 0.590. The summed E-state index contributed by atoms with van der Waals surface area (Å²) in [6.45, 7) is 6.72. The molecule has 114 valence electrons. The Labute approximate surface area is 131 Å². The molecule has 0 atom stereocenters. The third-order valence-electron chi connectivity index (χ3n) is 3.60. The van der Waals surface area contributed by atoms with Crippen molar-refractivity contribution in [2.75, 3.05) is 24.1 Å². The van der Waals surface area contributed by atoms with Gasteiger partial charge in [-0.2, -0.15) is 0 Å². The summed E-state index contributed by atoms with van der Waals surface area (Å²) in [6.07, 6.45) is 6.96. The van der Waals surface area contributed by atoms with Crippen molar-refractivity contribution in [2.24, 2.45) is 0 Å². The zero-order valence-electron chi connectivity index (χ0n) is 14.0. The second-order valence-corrected chi connectivity index (χ2v) is 11.5. The summed E-state index contributed by atoms with van der Waals surface area (Å²) >= 11 is 0. The van der Waals surface area contributed by atoms with Gasteiger partial charge in [0.2, 0.25) is 0 Å². The Bertz CT molecular complexity index is 528. The van der Waals surface area contributed by atoms with Gasteiger partial charge in [-0.1, -0.05) is 32.9 Å². The van der Waals surface area contributed by atoms with Gasteiger partial charge in [-0.25, -0.2) is 10.0 Å². The normalized spacial score (nSPS) is 13.0. The van der Waals surface area contributed by atoms with E-state index >= 15 is 0 Å². The number of hydrogen-bond acceptors (Lipinski definition) is 1. The van der Waals surface area contributed by atoms with E-state index in [1.54, 1.807) is 0 Å². The molecule has 0 saturated carbocycles. The van der Waals surface area contributed by atoms with Crippen LogP contribution in [0.5, 0.6) is 0 Å². The van der Waals surface area contributed by atoms with Gasteiger partial charge < -0.3 is 5.32 Å². The lowest BCUT2D eigenvalue weighted by Crippen LogP contribution is -2.10. The summed E-state index contributed by atoms with van der Waals surface area (Å²) < 4.78 is 0. The van der Waals surface area contributed by atoms with Crippen molar-refractivity contribution in [3.05, 3.63) is 54.1 Å². The van der Waals surface area contributed by atoms with Crippen LogP contribution in [0.25, 0.3) is 0 Å². The predicted octanol–water partition coefficient (Wildman–Crippen LogP) is 5.78. The van der Waals surface area contributed by atoms with Crippen LogP contribution in [0.4, 0.5) is 11.4 Å². The summed E-state index contributed by atoms with van der Waals surface area (Å²) in [5, 5.41) is 3.47. The van der Waals surface area contributed by atoms with E-state index in [2.05, 4.69) is 93.4 Å². The van der Waals surface area contributed by atoms with Crippen molar-refractivity contribution in [1.29, 1.82) is 0 Å². The molecule has 21 heavy (non-hydrogen) atoms. The van der Waals surface area contributed by atoms with Crippen LogP contribution < -0.4 is 5.32 Å². The van der Waals surface area contributed by atoms with E-state index in [9.17, 15) is 0 Å². The highest BCUT2D eigenvalue weighted by atomic mass is 32.3. The van der Waals surface area contributed by atoms with Crippen molar-refractivity contribution in [3.63, 3.8) is 0 Å². The third-order valence-corrected chi connectivity index (χ3v) is 5.29. The fourth-order valence-electron chi connectivity index (χ4n) is 2.17. The minimum absolute atomic E-state index is 0.204. The van der Waals surface area contributed by atoms with E-state index in [-0.39, 0.29) is 5.41 Å². The molecule has 1 nitrogen and oxygen atoms in total. The van der Waals surface area contributed by atoms with Crippen LogP contribution in [0, 0.1) is 0 Å². The minimum atomic E-state index is -0.642. The summed E-state index contributed by atoms with van der Waals surface area (Å²) in [7, 11) is -0.642. The summed E-state index contributed by atoms with van der Waals surface area (Å²) in [5.74, 6) is 0. The quantitative estimate of drug-likeness (QED) is 0.757. The third kappa shape index (κ3) is 4.28. The van der Waals surface area contributed by atoms with Crippen molar-refractivity contribution in [3.8, 4) is 0 Å². The Morgan fingerprint density at radius 2 is 1.14 bits per heavy atom. The van der Waals surface area contributed by atoms with Crippen LogP contribution in [0.15, 0.2) is 53.4 Å². The molecule has 0 aromatic heterocycles. The van der Waals surface area contributed by atoms with E-state index < -0.39 is 10.0 Å². The molecule has 0 bridgehead atoms. The second kappa shape index (κ2) is 5.76. The number of rotatable bonds is 3. The number of hydrogen-bond donors (Lipinski definition) is 1. The van der Waals surface area contributed by atoms with Crippen LogP contribution in [0.3, 0.4) is 0 Å². The summed E-state index contributed by atoms with van der Waals surface area (Å²) in [5.41, 5.74) is 3.85. The van der Waals surface area contributed by atoms with Crippen molar-refractivity contribution in [2.45, 2.75) is 31.1 Å². The molecular weight excluding hydrogens is 274 g/mol. The van der Waals surface area contributed by atoms with E-state index in [0.29, 0.717) is 0 Å². The van der Waals surface area contributed by atoms with Gasteiger partial charge in [0.1, 0.15) is 0 Å². The predicted molar refractivity (Wildman–Crippen MR) is 98.5 cm³/mol. The molecule has 0 aliphatic carbocycles. The molecule has 2 aromatic carbocycles. The largest absolute Gasteiger partial charge is 0.356 e. The Balaban J connectivity index is 2.12. The van der Waals surface area contributed by atoms with Gasteiger partial charge in [-0.05, 0) is 71.0 Å². The molecule has 2 rings (SSSR count). The van der Waals surface area contributed by atoms with Gasteiger partial charge in [-0.3, -0.25) is 0 Å². The molecule has 0 fully saturated rings. The first-order valence-corrected chi connectivity index (χ1v) is 10.2. The maximum atomic E-state index is 3.47. The highest BCUT2D eigenvalue weighted by Gasteiger charge is 2.12. The molecule has 1 N–H and O–H groups in total. The Kier molecular flexibility index (Phi) is 4.38. The standard InChI is InChI=1S/C19H27NS/c1-19(2,3)15-7-9-16(10-8-15)20-17-11-13-18(14-12-17)21(4,5)6/h7-14,20H,1-6H3. The van der Waals surface area contributed by atoms with Crippen LogP contribution in [-0.4, -0.2) is 18.8 Å². The fraction of sp³-hybridized carbons (Fsp3) is 0.368. The molecule has 2 heteroatoms. The molecule has 0 saturated heterocycles. The van der Waals surface area contributed by atoms with E-state index in [1.807, 2.05) is 0 Å². The molecule has 0 radical (unpaired) electrons. The van der Waals surface area contributed by atoms with Gasteiger partial charge >= 0.3 is 0 Å². The molecule has 0 spiro atoms. The van der Waals surface area contributed by atoms with E-state index in [4.69, 9.17) is 0 Å². The number of anilines is 2. The first-order valence-electron chi connectivity index (χ1n) is 7.32. The number of benzene rings is 2. The topological polar surface area (TPSA) is 12.0 Å². The van der Waals surface area contributed by atoms with Crippen LogP contribution in [0.2, 0.25) is 0 Å². The monoisotopic (exact) mass is 301 g/mol. The van der Waals surface area contributed by atoms with Gasteiger partial charge in [0.25, 0.3) is 0 Å². The maximum absolute atomic E-state index is 3.47. The lowest BCUT2D eigenvalue weighted by atomic mass is 9.87. The molecular formula is C19H27NS. The maximum Gasteiger partial charge on any atom is 0.0384 e. The van der Waals surface area contributed by atoms with E-state index in [1.165, 1.54) is 10.5 Å². The molecule has 0 unspecified atom stereocenters. The van der Waals surface area contributed by atoms with E-state index in [0.717, 1.165) is 11.4 Å². The zero-order chi connectivity index (χ0) is 15.7. The van der Waals surface area contributed by atoms with Gasteiger partial charge in [0.05, 0.1) is 0 Å². The first-order chi connectivity index (χ1) is 9.66. The fourth-order valence-corrected chi connectivity index (χ4v) is 3.12. The Morgan fingerprint density at radius 1 is 0.714 bits per heavy atom. The molecule has 0 aliphatic heterocycles. The van der Waals surface area contributed by atoms with Gasteiger partial charge in [-0.15, -0.1) is 0 Å². The van der Waals surface area contributed by atoms with Crippen molar-refractivity contribution >= 4 is 21.4 Å². The molecule has 0 amide bonds.